The molecule has 2 amide bonds. The van der Waals surface area contributed by atoms with E-state index in [1.165, 1.54) is 0 Å². The van der Waals surface area contributed by atoms with Gasteiger partial charge in [-0.05, 0) is 5.56 Å². The first-order chi connectivity index (χ1) is 8.70. The maximum atomic E-state index is 11.5. The van der Waals surface area contributed by atoms with E-state index < -0.39 is 12.1 Å². The molecule has 2 rings (SSSR count). The fourth-order valence-corrected chi connectivity index (χ4v) is 1.70. The van der Waals surface area contributed by atoms with Gasteiger partial charge >= 0.3 is 6.09 Å². The minimum Gasteiger partial charge on any atom is -0.445 e. The number of hydrogen-bond donors (Lipinski definition) is 3. The van der Waals surface area contributed by atoms with Gasteiger partial charge in [0.25, 0.3) is 0 Å². The van der Waals surface area contributed by atoms with Crippen LogP contribution in [-0.2, 0) is 16.1 Å². The second-order valence-electron chi connectivity index (χ2n) is 4.03. The molecule has 1 aliphatic heterocycles. The van der Waals surface area contributed by atoms with Crippen molar-refractivity contribution in [1.82, 2.24) is 10.6 Å². The number of carbonyl (C=O) groups is 2. The lowest BCUT2D eigenvalue weighted by Crippen LogP contribution is -2.71. The van der Waals surface area contributed by atoms with Gasteiger partial charge in [-0.25, -0.2) is 4.79 Å². The van der Waals surface area contributed by atoms with Crippen LogP contribution in [0, 0.1) is 0 Å². The standard InChI is InChI=1S/C12H15N3O3/c13-6-9-10(11(16)14-9)15-12(17)18-7-8-4-2-1-3-5-8/h1-5,9-10H,6-7,13H2,(H,14,16)(H,15,17)/t9-,10+/m1/s1. The quantitative estimate of drug-likeness (QED) is 0.641. The Morgan fingerprint density at radius 2 is 2.11 bits per heavy atom. The van der Waals surface area contributed by atoms with E-state index in [2.05, 4.69) is 10.6 Å². The maximum Gasteiger partial charge on any atom is 0.408 e. The summed E-state index contributed by atoms with van der Waals surface area (Å²) in [5, 5.41) is 5.07. The molecule has 96 valence electrons. The van der Waals surface area contributed by atoms with Gasteiger partial charge in [0.05, 0.1) is 6.04 Å². The highest BCUT2D eigenvalue weighted by atomic mass is 16.5. The Bertz CT molecular complexity index is 435. The molecule has 4 N–H and O–H groups in total. The minimum atomic E-state index is -0.614. The van der Waals surface area contributed by atoms with Crippen LogP contribution in [0.25, 0.3) is 0 Å². The lowest BCUT2D eigenvalue weighted by Gasteiger charge is -2.35. The molecule has 0 saturated carbocycles. The second kappa shape index (κ2) is 5.50. The van der Waals surface area contributed by atoms with E-state index in [-0.39, 0.29) is 25.1 Å². The topological polar surface area (TPSA) is 93.5 Å². The van der Waals surface area contributed by atoms with Crippen LogP contribution >= 0.6 is 0 Å². The molecule has 1 fully saturated rings. The number of nitrogens with one attached hydrogen (secondary N) is 2. The zero-order chi connectivity index (χ0) is 13.0. The third-order valence-electron chi connectivity index (χ3n) is 2.75. The average Bonchev–Trinajstić information content (AvgIpc) is 2.41. The number of amides is 2. The Hall–Kier alpha value is -2.08. The Kier molecular flexibility index (Phi) is 3.78. The number of benzene rings is 1. The van der Waals surface area contributed by atoms with Crippen LogP contribution in [0.15, 0.2) is 30.3 Å². The molecule has 0 aromatic heterocycles. The summed E-state index contributed by atoms with van der Waals surface area (Å²) in [5.41, 5.74) is 6.31. The molecular weight excluding hydrogens is 234 g/mol. The fourth-order valence-electron chi connectivity index (χ4n) is 1.70. The number of nitrogens with two attached hydrogens (primary N) is 1. The summed E-state index contributed by atoms with van der Waals surface area (Å²) in [6.07, 6.45) is -0.614. The van der Waals surface area contributed by atoms with Crippen molar-refractivity contribution in [1.29, 1.82) is 0 Å². The molecule has 2 atom stereocenters. The van der Waals surface area contributed by atoms with E-state index in [1.807, 2.05) is 30.3 Å². The summed E-state index contributed by atoms with van der Waals surface area (Å²) in [6.45, 7) is 0.462. The van der Waals surface area contributed by atoms with Crippen molar-refractivity contribution in [3.8, 4) is 0 Å². The van der Waals surface area contributed by atoms with Gasteiger partial charge in [0, 0.05) is 6.54 Å². The summed E-state index contributed by atoms with van der Waals surface area (Å²) < 4.78 is 5.00. The van der Waals surface area contributed by atoms with Crippen LogP contribution in [0.3, 0.4) is 0 Å². The number of β-lactam (4-membered cyclic amide) rings is 1. The third kappa shape index (κ3) is 2.78. The summed E-state index contributed by atoms with van der Waals surface area (Å²) in [6, 6.07) is 8.52. The van der Waals surface area contributed by atoms with Crippen LogP contribution in [0.1, 0.15) is 5.56 Å². The van der Waals surface area contributed by atoms with E-state index in [0.29, 0.717) is 0 Å². The molecule has 1 aliphatic rings. The minimum absolute atomic E-state index is 0.175. The summed E-state index contributed by atoms with van der Waals surface area (Å²) >= 11 is 0. The second-order valence-corrected chi connectivity index (χ2v) is 4.03. The summed E-state index contributed by atoms with van der Waals surface area (Å²) in [5.74, 6) is -0.234. The Morgan fingerprint density at radius 3 is 2.72 bits per heavy atom. The van der Waals surface area contributed by atoms with Gasteiger partial charge < -0.3 is 21.1 Å². The van der Waals surface area contributed by atoms with E-state index in [0.717, 1.165) is 5.56 Å². The maximum absolute atomic E-state index is 11.5. The van der Waals surface area contributed by atoms with Gasteiger partial charge in [-0.3, -0.25) is 4.79 Å². The van der Waals surface area contributed by atoms with Gasteiger partial charge in [0.1, 0.15) is 12.6 Å². The third-order valence-corrected chi connectivity index (χ3v) is 2.75. The first kappa shape index (κ1) is 12.4. The lowest BCUT2D eigenvalue weighted by molar-refractivity contribution is -0.131. The number of hydrogen-bond acceptors (Lipinski definition) is 4. The van der Waals surface area contributed by atoms with Gasteiger partial charge in [0.2, 0.25) is 5.91 Å². The number of carbonyl (C=O) groups excluding carboxylic acids is 2. The van der Waals surface area contributed by atoms with E-state index >= 15 is 0 Å². The van der Waals surface area contributed by atoms with Crippen molar-refractivity contribution < 1.29 is 14.3 Å². The van der Waals surface area contributed by atoms with Crippen molar-refractivity contribution >= 4 is 12.0 Å². The largest absolute Gasteiger partial charge is 0.445 e. The average molecular weight is 249 g/mol. The Balaban J connectivity index is 1.77. The predicted molar refractivity (Wildman–Crippen MR) is 64.5 cm³/mol. The molecule has 0 spiro atoms. The van der Waals surface area contributed by atoms with Crippen LogP contribution in [-0.4, -0.2) is 30.6 Å². The van der Waals surface area contributed by atoms with Gasteiger partial charge in [-0.1, -0.05) is 30.3 Å². The molecule has 0 unspecified atom stereocenters. The molecule has 0 bridgehead atoms. The first-order valence-corrected chi connectivity index (χ1v) is 5.68. The Labute approximate surface area is 104 Å². The van der Waals surface area contributed by atoms with Crippen LogP contribution in [0.5, 0.6) is 0 Å². The molecule has 18 heavy (non-hydrogen) atoms. The normalized spacial score (nSPS) is 21.7. The summed E-state index contributed by atoms with van der Waals surface area (Å²) in [7, 11) is 0. The highest BCUT2D eigenvalue weighted by molar-refractivity contribution is 5.92. The van der Waals surface area contributed by atoms with Crippen molar-refractivity contribution in [3.63, 3.8) is 0 Å². The molecule has 0 aliphatic carbocycles. The van der Waals surface area contributed by atoms with Crippen molar-refractivity contribution in [2.45, 2.75) is 18.7 Å². The summed E-state index contributed by atoms with van der Waals surface area (Å²) in [4.78, 5) is 22.6. The van der Waals surface area contributed by atoms with E-state index in [9.17, 15) is 9.59 Å². The van der Waals surface area contributed by atoms with E-state index in [1.54, 1.807) is 0 Å². The molecule has 6 nitrogen and oxygen atoms in total. The van der Waals surface area contributed by atoms with Crippen LogP contribution in [0.4, 0.5) is 4.79 Å². The first-order valence-electron chi connectivity index (χ1n) is 5.68. The molecule has 6 heteroatoms. The highest BCUT2D eigenvalue weighted by Crippen LogP contribution is 2.06. The monoisotopic (exact) mass is 249 g/mol. The van der Waals surface area contributed by atoms with Crippen LogP contribution < -0.4 is 16.4 Å². The van der Waals surface area contributed by atoms with Crippen molar-refractivity contribution in [3.05, 3.63) is 35.9 Å². The molecule has 0 radical (unpaired) electrons. The predicted octanol–water partition coefficient (Wildman–Crippen LogP) is -0.261. The molecule has 1 aromatic rings. The fraction of sp³-hybridized carbons (Fsp3) is 0.333. The van der Waals surface area contributed by atoms with Gasteiger partial charge in [-0.15, -0.1) is 0 Å². The van der Waals surface area contributed by atoms with Gasteiger partial charge in [-0.2, -0.15) is 0 Å². The highest BCUT2D eigenvalue weighted by Gasteiger charge is 2.39. The molecular formula is C12H15N3O3. The molecule has 1 aromatic carbocycles. The zero-order valence-corrected chi connectivity index (χ0v) is 9.76. The number of ether oxygens (including phenoxy) is 1. The molecule has 1 saturated heterocycles. The van der Waals surface area contributed by atoms with E-state index in [4.69, 9.17) is 10.5 Å². The number of rotatable bonds is 4. The number of alkyl carbamates (subject to hydrolysis) is 1. The zero-order valence-electron chi connectivity index (χ0n) is 9.76. The lowest BCUT2D eigenvalue weighted by atomic mass is 10.00. The smallest absolute Gasteiger partial charge is 0.408 e. The molecule has 1 heterocycles. The van der Waals surface area contributed by atoms with Gasteiger partial charge in [0.15, 0.2) is 0 Å². The Morgan fingerprint density at radius 1 is 1.39 bits per heavy atom. The SMILES string of the molecule is NC[C@H]1NC(=O)[C@H]1NC(=O)OCc1ccccc1. The van der Waals surface area contributed by atoms with Crippen LogP contribution in [0.2, 0.25) is 0 Å². The van der Waals surface area contributed by atoms with Crippen molar-refractivity contribution in [2.24, 2.45) is 5.73 Å². The van der Waals surface area contributed by atoms with Crippen molar-refractivity contribution in [2.75, 3.05) is 6.54 Å².